The number of nitrogens with zero attached hydrogens (tertiary/aromatic N) is 6. The van der Waals surface area contributed by atoms with Gasteiger partial charge in [-0.2, -0.15) is 19.2 Å². The Balaban J connectivity index is 0.000000266. The molecule has 208 valence electrons. The predicted molar refractivity (Wildman–Crippen MR) is 136 cm³/mol. The van der Waals surface area contributed by atoms with Crippen molar-refractivity contribution >= 4 is 63.1 Å². The second-order valence-corrected chi connectivity index (χ2v) is 6.84. The second-order valence-electron chi connectivity index (χ2n) is 6.84. The summed E-state index contributed by atoms with van der Waals surface area (Å²) >= 11 is 0. The highest BCUT2D eigenvalue weighted by molar-refractivity contribution is 5.85. The highest BCUT2D eigenvalue weighted by Gasteiger charge is 2.05. The van der Waals surface area contributed by atoms with Crippen LogP contribution in [0.1, 0.15) is 11.4 Å². The fraction of sp³-hybridized carbons (Fsp3) is 0.130. The third kappa shape index (κ3) is 9.13. The molecule has 0 aliphatic rings. The minimum absolute atomic E-state index is 0.250. The first-order valence-electron chi connectivity index (χ1n) is 10.6. The van der Waals surface area contributed by atoms with E-state index in [1.807, 2.05) is 44.2 Å². The Morgan fingerprint density at radius 1 is 0.625 bits per heavy atom. The van der Waals surface area contributed by atoms with Gasteiger partial charge in [0.2, 0.25) is 0 Å². The minimum atomic E-state index is 0.250. The standard InChI is InChI=1S/2C7H7N3O.C6H5N3O.2CO2.CH4O/c2*1-4-2-3-5-6(8)10-11-7(5)9-4;7-5-4-2-1-3-8-6(4)10-9-5;2*2-1-3;1-2/h2*2-3H,1H3,(H2,8,10);1-3H,(H2,7,9);;;2H,1H3. The molecule has 0 aliphatic carbocycles. The average molecular weight is 553 g/mol. The maximum Gasteiger partial charge on any atom is 0.373 e. The van der Waals surface area contributed by atoms with Crippen molar-refractivity contribution in [2.24, 2.45) is 0 Å². The number of aryl methyl sites for hydroxylation is 2. The number of aliphatic hydroxyl groups is 1. The van der Waals surface area contributed by atoms with Crippen molar-refractivity contribution < 1.29 is 37.9 Å². The molecule has 0 aliphatic heterocycles. The van der Waals surface area contributed by atoms with Gasteiger partial charge >= 0.3 is 12.3 Å². The second kappa shape index (κ2) is 16.7. The third-order valence-corrected chi connectivity index (χ3v) is 4.29. The van der Waals surface area contributed by atoms with Crippen LogP contribution in [0, 0.1) is 13.8 Å². The van der Waals surface area contributed by atoms with E-state index in [9.17, 15) is 0 Å². The quantitative estimate of drug-likeness (QED) is 0.207. The summed E-state index contributed by atoms with van der Waals surface area (Å²) in [7, 11) is 1.00. The van der Waals surface area contributed by atoms with Gasteiger partial charge in [-0.3, -0.25) is 0 Å². The zero-order valence-electron chi connectivity index (χ0n) is 21.3. The lowest BCUT2D eigenvalue weighted by Gasteiger charge is -1.88. The van der Waals surface area contributed by atoms with Gasteiger partial charge in [0.15, 0.2) is 17.5 Å². The van der Waals surface area contributed by atoms with Gasteiger partial charge in [-0.1, -0.05) is 15.5 Å². The Morgan fingerprint density at radius 2 is 0.975 bits per heavy atom. The normalized spacial score (nSPS) is 9.00. The Kier molecular flexibility index (Phi) is 13.3. The van der Waals surface area contributed by atoms with Crippen LogP contribution in [0.5, 0.6) is 0 Å². The molecule has 17 nitrogen and oxygen atoms in total. The van der Waals surface area contributed by atoms with E-state index in [2.05, 4.69) is 30.4 Å². The van der Waals surface area contributed by atoms with Crippen LogP contribution in [0.2, 0.25) is 0 Å². The maximum absolute atomic E-state index is 8.12. The summed E-state index contributed by atoms with van der Waals surface area (Å²) in [6, 6.07) is 11.0. The molecule has 6 aromatic rings. The van der Waals surface area contributed by atoms with Crippen molar-refractivity contribution in [2.75, 3.05) is 24.3 Å². The molecule has 0 radical (unpaired) electrons. The molecule has 0 bridgehead atoms. The van der Waals surface area contributed by atoms with E-state index in [0.29, 0.717) is 34.6 Å². The Bertz CT molecular complexity index is 1610. The Hall–Kier alpha value is -6.02. The van der Waals surface area contributed by atoms with Crippen LogP contribution in [0.4, 0.5) is 17.5 Å². The molecule has 6 aromatic heterocycles. The number of carbonyl (C=O) groups excluding carboxylic acids is 4. The summed E-state index contributed by atoms with van der Waals surface area (Å²) in [6.07, 6.45) is 2.13. The van der Waals surface area contributed by atoms with Gasteiger partial charge in [0.1, 0.15) is 0 Å². The highest BCUT2D eigenvalue weighted by atomic mass is 16.5. The zero-order chi connectivity index (χ0) is 30.1. The highest BCUT2D eigenvalue weighted by Crippen LogP contribution is 2.18. The maximum atomic E-state index is 8.12. The van der Waals surface area contributed by atoms with Gasteiger partial charge in [0, 0.05) is 24.7 Å². The molecule has 0 unspecified atom stereocenters. The van der Waals surface area contributed by atoms with Crippen molar-refractivity contribution in [3.8, 4) is 0 Å². The smallest absolute Gasteiger partial charge is 0.373 e. The summed E-state index contributed by atoms with van der Waals surface area (Å²) in [4.78, 5) is 44.6. The van der Waals surface area contributed by atoms with Crippen LogP contribution in [0.15, 0.2) is 56.2 Å². The fourth-order valence-electron chi connectivity index (χ4n) is 2.68. The molecule has 0 saturated carbocycles. The molecule has 0 saturated heterocycles. The summed E-state index contributed by atoms with van der Waals surface area (Å²) in [5, 5.41) is 20.0. The molecule has 0 amide bonds. The molecule has 0 spiro atoms. The van der Waals surface area contributed by atoms with Crippen molar-refractivity contribution in [2.45, 2.75) is 13.8 Å². The minimum Gasteiger partial charge on any atom is -0.400 e. The van der Waals surface area contributed by atoms with E-state index in [0.717, 1.165) is 34.7 Å². The predicted octanol–water partition coefficient (Wildman–Crippen LogP) is 1.47. The first-order valence-corrected chi connectivity index (χ1v) is 10.6. The van der Waals surface area contributed by atoms with Crippen LogP contribution in [0.25, 0.3) is 33.3 Å². The van der Waals surface area contributed by atoms with E-state index >= 15 is 0 Å². The van der Waals surface area contributed by atoms with E-state index < -0.39 is 0 Å². The third-order valence-electron chi connectivity index (χ3n) is 4.29. The number of anilines is 3. The van der Waals surface area contributed by atoms with Crippen LogP contribution in [-0.2, 0) is 19.2 Å². The van der Waals surface area contributed by atoms with E-state index in [4.69, 9.17) is 55.1 Å². The van der Waals surface area contributed by atoms with Crippen LogP contribution in [0.3, 0.4) is 0 Å². The van der Waals surface area contributed by atoms with Gasteiger partial charge < -0.3 is 35.9 Å². The van der Waals surface area contributed by atoms with Crippen LogP contribution in [-0.4, -0.2) is 54.9 Å². The Morgan fingerprint density at radius 3 is 1.35 bits per heavy atom. The summed E-state index contributed by atoms with van der Waals surface area (Å²) < 4.78 is 14.4. The van der Waals surface area contributed by atoms with Gasteiger partial charge in [-0.25, -0.2) is 15.0 Å². The van der Waals surface area contributed by atoms with Gasteiger partial charge in [-0.05, 0) is 50.2 Å². The Labute approximate surface area is 223 Å². The lowest BCUT2D eigenvalue weighted by molar-refractivity contribution is -0.193. The lowest BCUT2D eigenvalue weighted by Crippen LogP contribution is -1.84. The summed E-state index contributed by atoms with van der Waals surface area (Å²) in [6.45, 7) is 3.77. The molecule has 6 heterocycles. The van der Waals surface area contributed by atoms with E-state index in [-0.39, 0.29) is 12.3 Å². The topological polar surface area (TPSA) is 283 Å². The molecule has 17 heteroatoms. The molecular weight excluding hydrogens is 530 g/mol. The van der Waals surface area contributed by atoms with Crippen molar-refractivity contribution in [1.82, 2.24) is 30.4 Å². The number of rotatable bonds is 0. The number of hydrogen-bond acceptors (Lipinski definition) is 17. The first-order chi connectivity index (χ1) is 19.2. The SMILES string of the molecule is CO.Cc1ccc2c(N)noc2n1.Cc1ccc2c(N)noc2n1.Nc1noc2ncccc12.O=C=O.O=C=O. The fourth-order valence-corrected chi connectivity index (χ4v) is 2.68. The average Bonchev–Trinajstić information content (AvgIpc) is 3.63. The first kappa shape index (κ1) is 32.0. The van der Waals surface area contributed by atoms with E-state index in [1.165, 1.54) is 0 Å². The molecule has 0 atom stereocenters. The van der Waals surface area contributed by atoms with Gasteiger partial charge in [-0.15, -0.1) is 0 Å². The summed E-state index contributed by atoms with van der Waals surface area (Å²) in [5.74, 6) is 1.18. The number of aromatic nitrogens is 6. The van der Waals surface area contributed by atoms with Crippen molar-refractivity contribution in [3.63, 3.8) is 0 Å². The van der Waals surface area contributed by atoms with Crippen molar-refractivity contribution in [3.05, 3.63) is 54.0 Å². The van der Waals surface area contributed by atoms with Crippen molar-refractivity contribution in [1.29, 1.82) is 0 Å². The molecule has 7 N–H and O–H groups in total. The number of nitrogens with two attached hydrogens (primary N) is 3. The molecule has 0 fully saturated rings. The van der Waals surface area contributed by atoms with Crippen LogP contribution >= 0.6 is 0 Å². The number of pyridine rings is 3. The number of aliphatic hydroxyl groups excluding tert-OH is 1. The molecular formula is C23H23N9O8. The number of fused-ring (bicyclic) bond motifs is 3. The monoisotopic (exact) mass is 553 g/mol. The molecule has 40 heavy (non-hydrogen) atoms. The number of hydrogen-bond donors (Lipinski definition) is 4. The van der Waals surface area contributed by atoms with Gasteiger partial charge in [0.25, 0.3) is 17.1 Å². The summed E-state index contributed by atoms with van der Waals surface area (Å²) in [5.41, 5.74) is 19.7. The van der Waals surface area contributed by atoms with E-state index in [1.54, 1.807) is 12.3 Å². The zero-order valence-corrected chi connectivity index (χ0v) is 21.3. The molecule has 6 rings (SSSR count). The van der Waals surface area contributed by atoms with Crippen LogP contribution < -0.4 is 17.2 Å². The largest absolute Gasteiger partial charge is 0.400 e. The molecule has 0 aromatic carbocycles. The lowest BCUT2D eigenvalue weighted by atomic mass is 10.3. The number of nitrogen functional groups attached to an aromatic ring is 3. The van der Waals surface area contributed by atoms with Gasteiger partial charge in [0.05, 0.1) is 16.2 Å².